The molecule has 1 aromatic carbocycles. The lowest BCUT2D eigenvalue weighted by Crippen LogP contribution is -2.42. The van der Waals surface area contributed by atoms with Crippen LogP contribution in [0.1, 0.15) is 45.1 Å². The minimum atomic E-state index is -1.15. The van der Waals surface area contributed by atoms with Crippen molar-refractivity contribution in [2.24, 2.45) is 5.92 Å². The van der Waals surface area contributed by atoms with Crippen LogP contribution in [0.25, 0.3) is 0 Å². The monoisotopic (exact) mass is 354 g/mol. The zero-order chi connectivity index (χ0) is 18.7. The van der Waals surface area contributed by atoms with Crippen molar-refractivity contribution >= 4 is 6.29 Å². The van der Waals surface area contributed by atoms with Crippen LogP contribution in [0.15, 0.2) is 30.3 Å². The predicted octanol–water partition coefficient (Wildman–Crippen LogP) is 3.18. The van der Waals surface area contributed by atoms with E-state index in [-0.39, 0.29) is 13.0 Å². The summed E-state index contributed by atoms with van der Waals surface area (Å²) in [5.74, 6) is -0.463. The van der Waals surface area contributed by atoms with Crippen LogP contribution < -0.4 is 0 Å². The molecule has 0 spiro atoms. The van der Waals surface area contributed by atoms with E-state index in [1.165, 1.54) is 7.11 Å². The van der Waals surface area contributed by atoms with E-state index < -0.39 is 23.9 Å². The van der Waals surface area contributed by atoms with Crippen molar-refractivity contribution in [2.45, 2.75) is 64.1 Å². The highest BCUT2D eigenvalue weighted by Gasteiger charge is 2.36. The third kappa shape index (κ3) is 7.22. The standard InChI is InChI=1S/C19H30O6/c1-4-5-11-16(18(23-3)25-22)17(21)12-19(2,14-20)24-13-15-9-7-6-8-10-15/h6-10,14,16-18,21-22H,4-5,11-13H2,1-3H3/t16-,17-,18?,19+/m0/s1. The summed E-state index contributed by atoms with van der Waals surface area (Å²) in [5, 5.41) is 19.6. The minimum Gasteiger partial charge on any atom is -0.393 e. The van der Waals surface area contributed by atoms with Gasteiger partial charge in [0, 0.05) is 19.4 Å². The van der Waals surface area contributed by atoms with Crippen LogP contribution in [-0.4, -0.2) is 41.8 Å². The number of hydrogen-bond donors (Lipinski definition) is 2. The van der Waals surface area contributed by atoms with Gasteiger partial charge in [0.2, 0.25) is 0 Å². The highest BCUT2D eigenvalue weighted by molar-refractivity contribution is 5.61. The van der Waals surface area contributed by atoms with E-state index in [0.717, 1.165) is 18.4 Å². The van der Waals surface area contributed by atoms with Crippen molar-refractivity contribution in [3.63, 3.8) is 0 Å². The third-order valence-corrected chi connectivity index (χ3v) is 4.35. The van der Waals surface area contributed by atoms with Gasteiger partial charge in [-0.1, -0.05) is 50.1 Å². The Labute approximate surface area is 149 Å². The lowest BCUT2D eigenvalue weighted by molar-refractivity contribution is -0.361. The molecule has 0 saturated carbocycles. The summed E-state index contributed by atoms with van der Waals surface area (Å²) in [6.45, 7) is 3.95. The van der Waals surface area contributed by atoms with Crippen molar-refractivity contribution in [1.29, 1.82) is 0 Å². The zero-order valence-corrected chi connectivity index (χ0v) is 15.3. The first-order chi connectivity index (χ1) is 12.0. The van der Waals surface area contributed by atoms with Crippen molar-refractivity contribution < 1.29 is 29.5 Å². The molecule has 0 fully saturated rings. The summed E-state index contributed by atoms with van der Waals surface area (Å²) in [5.41, 5.74) is -0.200. The minimum absolute atomic E-state index is 0.0843. The molecule has 0 aromatic heterocycles. The molecule has 0 saturated heterocycles. The smallest absolute Gasteiger partial charge is 0.195 e. The molecule has 142 valence electrons. The van der Waals surface area contributed by atoms with Crippen LogP contribution >= 0.6 is 0 Å². The molecule has 0 aliphatic rings. The summed E-state index contributed by atoms with van der Waals surface area (Å²) < 4.78 is 10.9. The van der Waals surface area contributed by atoms with Crippen molar-refractivity contribution in [3.05, 3.63) is 35.9 Å². The highest BCUT2D eigenvalue weighted by atomic mass is 17.1. The maximum Gasteiger partial charge on any atom is 0.195 e. The van der Waals surface area contributed by atoms with Gasteiger partial charge >= 0.3 is 0 Å². The second-order valence-electron chi connectivity index (χ2n) is 6.49. The van der Waals surface area contributed by atoms with Gasteiger partial charge < -0.3 is 19.4 Å². The summed E-state index contributed by atoms with van der Waals surface area (Å²) in [4.78, 5) is 15.9. The molecule has 0 bridgehead atoms. The number of hydrogen-bond acceptors (Lipinski definition) is 6. The van der Waals surface area contributed by atoms with Gasteiger partial charge in [-0.3, -0.25) is 0 Å². The quantitative estimate of drug-likeness (QED) is 0.245. The molecule has 0 radical (unpaired) electrons. The van der Waals surface area contributed by atoms with Gasteiger partial charge in [-0.05, 0) is 18.9 Å². The molecule has 0 amide bonds. The van der Waals surface area contributed by atoms with Crippen molar-refractivity contribution in [3.8, 4) is 0 Å². The topological polar surface area (TPSA) is 85.2 Å². The number of unbranched alkanes of at least 4 members (excludes halogenated alkanes) is 1. The van der Waals surface area contributed by atoms with Crippen LogP contribution in [0.4, 0.5) is 0 Å². The Morgan fingerprint density at radius 2 is 1.96 bits per heavy atom. The molecular formula is C19H30O6. The summed E-state index contributed by atoms with van der Waals surface area (Å²) in [6.07, 6.45) is 1.29. The fraction of sp³-hybridized carbons (Fsp3) is 0.632. The van der Waals surface area contributed by atoms with E-state index in [4.69, 9.17) is 14.7 Å². The predicted molar refractivity (Wildman–Crippen MR) is 93.8 cm³/mol. The molecule has 6 nitrogen and oxygen atoms in total. The van der Waals surface area contributed by atoms with E-state index in [0.29, 0.717) is 12.7 Å². The van der Waals surface area contributed by atoms with Gasteiger partial charge in [-0.15, -0.1) is 0 Å². The number of aliphatic hydroxyl groups is 1. The first-order valence-electron chi connectivity index (χ1n) is 8.65. The van der Waals surface area contributed by atoms with E-state index in [1.807, 2.05) is 37.3 Å². The number of benzene rings is 1. The molecular weight excluding hydrogens is 324 g/mol. The molecule has 1 rings (SSSR count). The highest BCUT2D eigenvalue weighted by Crippen LogP contribution is 2.27. The Kier molecular flexibility index (Phi) is 9.85. The van der Waals surface area contributed by atoms with E-state index in [2.05, 4.69) is 4.89 Å². The Morgan fingerprint density at radius 3 is 2.48 bits per heavy atom. The second kappa shape index (κ2) is 11.3. The number of carbonyl (C=O) groups excluding carboxylic acids is 1. The van der Waals surface area contributed by atoms with Gasteiger partial charge in [0.15, 0.2) is 12.6 Å². The van der Waals surface area contributed by atoms with Crippen LogP contribution in [0.2, 0.25) is 0 Å². The number of methoxy groups -OCH3 is 1. The number of ether oxygens (including phenoxy) is 2. The van der Waals surface area contributed by atoms with Crippen LogP contribution in [0, 0.1) is 5.92 Å². The fourth-order valence-corrected chi connectivity index (χ4v) is 2.78. The molecule has 0 heterocycles. The largest absolute Gasteiger partial charge is 0.393 e. The van der Waals surface area contributed by atoms with Gasteiger partial charge in [-0.25, -0.2) is 10.1 Å². The first-order valence-corrected chi connectivity index (χ1v) is 8.65. The van der Waals surface area contributed by atoms with Gasteiger partial charge in [-0.2, -0.15) is 0 Å². The average molecular weight is 354 g/mol. The number of aldehydes is 1. The summed E-state index contributed by atoms with van der Waals surface area (Å²) >= 11 is 0. The van der Waals surface area contributed by atoms with Gasteiger partial charge in [0.05, 0.1) is 12.7 Å². The lowest BCUT2D eigenvalue weighted by Gasteiger charge is -2.32. The zero-order valence-electron chi connectivity index (χ0n) is 15.3. The Morgan fingerprint density at radius 1 is 1.28 bits per heavy atom. The Hall–Kier alpha value is -1.31. The molecule has 0 aliphatic heterocycles. The second-order valence-corrected chi connectivity index (χ2v) is 6.49. The molecule has 6 heteroatoms. The molecule has 0 aliphatic carbocycles. The van der Waals surface area contributed by atoms with E-state index in [9.17, 15) is 9.90 Å². The Bertz CT molecular complexity index is 476. The fourth-order valence-electron chi connectivity index (χ4n) is 2.78. The van der Waals surface area contributed by atoms with Crippen LogP contribution in [-0.2, 0) is 25.8 Å². The number of rotatable bonds is 13. The Balaban J connectivity index is 2.74. The molecule has 1 unspecified atom stereocenters. The first kappa shape index (κ1) is 21.7. The van der Waals surface area contributed by atoms with E-state index >= 15 is 0 Å². The molecule has 4 atom stereocenters. The maximum absolute atomic E-state index is 11.6. The van der Waals surface area contributed by atoms with Crippen molar-refractivity contribution in [2.75, 3.05) is 7.11 Å². The summed E-state index contributed by atoms with van der Waals surface area (Å²) in [7, 11) is 1.40. The lowest BCUT2D eigenvalue weighted by atomic mass is 9.87. The van der Waals surface area contributed by atoms with E-state index in [1.54, 1.807) is 6.92 Å². The van der Waals surface area contributed by atoms with Crippen molar-refractivity contribution in [1.82, 2.24) is 0 Å². The van der Waals surface area contributed by atoms with Gasteiger partial charge in [0.25, 0.3) is 0 Å². The van der Waals surface area contributed by atoms with Crippen LogP contribution in [0.3, 0.4) is 0 Å². The number of aliphatic hydroxyl groups excluding tert-OH is 1. The molecule has 25 heavy (non-hydrogen) atoms. The molecule has 1 aromatic rings. The summed E-state index contributed by atoms with van der Waals surface area (Å²) in [6, 6.07) is 9.52. The molecule has 2 N–H and O–H groups in total. The SMILES string of the molecule is CCCC[C@H](C(OC)OO)[C@@H](O)C[C@](C)(C=O)OCc1ccccc1. The average Bonchev–Trinajstić information content (AvgIpc) is 2.64. The van der Waals surface area contributed by atoms with Crippen LogP contribution in [0.5, 0.6) is 0 Å². The third-order valence-electron chi connectivity index (χ3n) is 4.35. The maximum atomic E-state index is 11.6. The van der Waals surface area contributed by atoms with Gasteiger partial charge in [0.1, 0.15) is 5.60 Å². The normalized spacial score (nSPS) is 17.5. The number of carbonyl (C=O) groups is 1.